The average Bonchev–Trinajstić information content (AvgIpc) is 2.81. The summed E-state index contributed by atoms with van der Waals surface area (Å²) in [5, 5.41) is 0. The summed E-state index contributed by atoms with van der Waals surface area (Å²) in [5.74, 6) is 1.50. The fraction of sp³-hybridized carbons (Fsp3) is 0.200. The molecule has 98 valence electrons. The van der Waals surface area contributed by atoms with Crippen molar-refractivity contribution in [1.82, 2.24) is 0 Å². The van der Waals surface area contributed by atoms with E-state index in [-0.39, 0.29) is 11.7 Å². The van der Waals surface area contributed by atoms with Gasteiger partial charge in [0.05, 0.1) is 23.6 Å². The Bertz CT molecular complexity index is 600. The van der Waals surface area contributed by atoms with Gasteiger partial charge < -0.3 is 9.47 Å². The Kier molecular flexibility index (Phi) is 3.42. The molecule has 0 saturated heterocycles. The molecule has 0 fully saturated rings. The van der Waals surface area contributed by atoms with Crippen LogP contribution in [0.1, 0.15) is 11.5 Å². The smallest absolute Gasteiger partial charge is 0.133 e. The second kappa shape index (κ2) is 5.21. The first-order valence-corrected chi connectivity index (χ1v) is 6.83. The van der Waals surface area contributed by atoms with E-state index in [4.69, 9.17) is 9.47 Å². The molecule has 0 aromatic heterocycles. The third-order valence-corrected chi connectivity index (χ3v) is 3.75. The normalized spacial score (nSPS) is 16.8. The number of ether oxygens (including phenoxy) is 2. The summed E-state index contributed by atoms with van der Waals surface area (Å²) >= 11 is 3.29. The molecule has 1 heterocycles. The van der Waals surface area contributed by atoms with E-state index in [1.807, 2.05) is 18.2 Å². The highest BCUT2D eigenvalue weighted by Crippen LogP contribution is 2.34. The molecule has 0 saturated carbocycles. The van der Waals surface area contributed by atoms with Gasteiger partial charge >= 0.3 is 0 Å². The van der Waals surface area contributed by atoms with Crippen LogP contribution >= 0.6 is 15.9 Å². The third-order valence-electron chi connectivity index (χ3n) is 3.13. The molecule has 1 unspecified atom stereocenters. The van der Waals surface area contributed by atoms with Crippen LogP contribution in [0.5, 0.6) is 11.5 Å². The number of rotatable bonds is 3. The van der Waals surface area contributed by atoms with E-state index >= 15 is 0 Å². The minimum atomic E-state index is -0.284. The van der Waals surface area contributed by atoms with Gasteiger partial charge in [0, 0.05) is 5.56 Å². The lowest BCUT2D eigenvalue weighted by atomic mass is 10.0. The first-order chi connectivity index (χ1) is 9.24. The third kappa shape index (κ3) is 2.59. The zero-order chi connectivity index (χ0) is 13.2. The molecule has 0 spiro atoms. The van der Waals surface area contributed by atoms with Gasteiger partial charge in [0.15, 0.2) is 0 Å². The van der Waals surface area contributed by atoms with Crippen molar-refractivity contribution in [3.63, 3.8) is 0 Å². The van der Waals surface area contributed by atoms with Gasteiger partial charge in [-0.15, -0.1) is 0 Å². The molecule has 4 heteroatoms. The topological polar surface area (TPSA) is 18.5 Å². The second-order valence-electron chi connectivity index (χ2n) is 4.43. The molecule has 2 aromatic rings. The lowest BCUT2D eigenvalue weighted by Gasteiger charge is -2.12. The summed E-state index contributed by atoms with van der Waals surface area (Å²) < 4.78 is 24.9. The maximum atomic E-state index is 13.0. The van der Waals surface area contributed by atoms with Crippen LogP contribution in [0.4, 0.5) is 4.39 Å². The zero-order valence-corrected chi connectivity index (χ0v) is 11.7. The highest BCUT2D eigenvalue weighted by Gasteiger charge is 2.24. The van der Waals surface area contributed by atoms with Crippen molar-refractivity contribution in [2.45, 2.75) is 5.92 Å². The SMILES string of the molecule is Fc1ccc(OCC2COc3ccccc32)c(Br)c1. The minimum Gasteiger partial charge on any atom is -0.493 e. The summed E-state index contributed by atoms with van der Waals surface area (Å²) in [4.78, 5) is 0. The van der Waals surface area contributed by atoms with Crippen LogP contribution in [0.15, 0.2) is 46.9 Å². The largest absolute Gasteiger partial charge is 0.493 e. The van der Waals surface area contributed by atoms with Gasteiger partial charge in [-0.05, 0) is 40.2 Å². The zero-order valence-electron chi connectivity index (χ0n) is 10.1. The van der Waals surface area contributed by atoms with Crippen LogP contribution in [0, 0.1) is 5.82 Å². The van der Waals surface area contributed by atoms with Crippen molar-refractivity contribution in [3.05, 3.63) is 58.3 Å². The van der Waals surface area contributed by atoms with Crippen LogP contribution in [-0.2, 0) is 0 Å². The molecule has 0 aliphatic carbocycles. The first kappa shape index (κ1) is 12.5. The quantitative estimate of drug-likeness (QED) is 0.845. The average molecular weight is 323 g/mol. The molecule has 1 atom stereocenters. The van der Waals surface area contributed by atoms with Crippen molar-refractivity contribution in [3.8, 4) is 11.5 Å². The van der Waals surface area contributed by atoms with Crippen molar-refractivity contribution in [2.24, 2.45) is 0 Å². The van der Waals surface area contributed by atoms with E-state index in [0.717, 1.165) is 5.75 Å². The molecular weight excluding hydrogens is 311 g/mol. The van der Waals surface area contributed by atoms with Gasteiger partial charge in [-0.3, -0.25) is 0 Å². The molecule has 2 nitrogen and oxygen atoms in total. The number of halogens is 2. The number of hydrogen-bond acceptors (Lipinski definition) is 2. The van der Waals surface area contributed by atoms with Gasteiger partial charge in [0.25, 0.3) is 0 Å². The predicted octanol–water partition coefficient (Wildman–Crippen LogP) is 4.14. The molecule has 3 rings (SSSR count). The lowest BCUT2D eigenvalue weighted by molar-refractivity contribution is 0.247. The standard InChI is InChI=1S/C15H12BrFO2/c16-13-7-11(17)5-6-15(13)19-9-10-8-18-14-4-2-1-3-12(10)14/h1-7,10H,8-9H2. The number of para-hydroxylation sites is 1. The summed E-state index contributed by atoms with van der Waals surface area (Å²) in [6.45, 7) is 1.14. The summed E-state index contributed by atoms with van der Waals surface area (Å²) in [6.07, 6.45) is 0. The molecule has 1 aliphatic heterocycles. The van der Waals surface area contributed by atoms with E-state index < -0.39 is 0 Å². The Labute approximate surface area is 119 Å². The predicted molar refractivity (Wildman–Crippen MR) is 74.3 cm³/mol. The summed E-state index contributed by atoms with van der Waals surface area (Å²) in [5.41, 5.74) is 1.17. The minimum absolute atomic E-state index is 0.216. The summed E-state index contributed by atoms with van der Waals surface area (Å²) in [6, 6.07) is 12.4. The lowest BCUT2D eigenvalue weighted by Crippen LogP contribution is -2.11. The molecule has 0 amide bonds. The van der Waals surface area contributed by atoms with Crippen molar-refractivity contribution in [1.29, 1.82) is 0 Å². The van der Waals surface area contributed by atoms with Crippen LogP contribution in [0.3, 0.4) is 0 Å². The van der Waals surface area contributed by atoms with Gasteiger partial charge in [-0.2, -0.15) is 0 Å². The fourth-order valence-electron chi connectivity index (χ4n) is 2.15. The van der Waals surface area contributed by atoms with Crippen LogP contribution in [0.25, 0.3) is 0 Å². The van der Waals surface area contributed by atoms with Crippen LogP contribution in [0.2, 0.25) is 0 Å². The first-order valence-electron chi connectivity index (χ1n) is 6.03. The van der Waals surface area contributed by atoms with Crippen molar-refractivity contribution < 1.29 is 13.9 Å². The molecule has 1 aliphatic rings. The molecule has 0 radical (unpaired) electrons. The highest BCUT2D eigenvalue weighted by atomic mass is 79.9. The highest BCUT2D eigenvalue weighted by molar-refractivity contribution is 9.10. The Morgan fingerprint density at radius 2 is 2.11 bits per heavy atom. The number of fused-ring (bicyclic) bond motifs is 1. The molecular formula is C15H12BrFO2. The van der Waals surface area contributed by atoms with Crippen LogP contribution in [-0.4, -0.2) is 13.2 Å². The second-order valence-corrected chi connectivity index (χ2v) is 5.29. The van der Waals surface area contributed by atoms with E-state index in [9.17, 15) is 4.39 Å². The molecule has 0 bridgehead atoms. The van der Waals surface area contributed by atoms with Crippen molar-refractivity contribution in [2.75, 3.05) is 13.2 Å². The van der Waals surface area contributed by atoms with E-state index in [1.165, 1.54) is 17.7 Å². The summed E-state index contributed by atoms with van der Waals surface area (Å²) in [7, 11) is 0. The molecule has 2 aromatic carbocycles. The maximum Gasteiger partial charge on any atom is 0.133 e. The van der Waals surface area contributed by atoms with E-state index in [1.54, 1.807) is 6.07 Å². The Morgan fingerprint density at radius 1 is 1.26 bits per heavy atom. The monoisotopic (exact) mass is 322 g/mol. The maximum absolute atomic E-state index is 13.0. The van der Waals surface area contributed by atoms with E-state index in [0.29, 0.717) is 23.4 Å². The van der Waals surface area contributed by atoms with Gasteiger partial charge in [0.1, 0.15) is 17.3 Å². The van der Waals surface area contributed by atoms with Gasteiger partial charge in [-0.1, -0.05) is 18.2 Å². The van der Waals surface area contributed by atoms with Gasteiger partial charge in [0.2, 0.25) is 0 Å². The van der Waals surface area contributed by atoms with Crippen molar-refractivity contribution >= 4 is 15.9 Å². The van der Waals surface area contributed by atoms with E-state index in [2.05, 4.69) is 22.0 Å². The van der Waals surface area contributed by atoms with Crippen LogP contribution < -0.4 is 9.47 Å². The molecule has 0 N–H and O–H groups in total. The fourth-order valence-corrected chi connectivity index (χ4v) is 2.62. The Hall–Kier alpha value is -1.55. The van der Waals surface area contributed by atoms with Gasteiger partial charge in [-0.25, -0.2) is 4.39 Å². The Balaban J connectivity index is 1.71. The number of benzene rings is 2. The Morgan fingerprint density at radius 3 is 2.95 bits per heavy atom. The number of hydrogen-bond donors (Lipinski definition) is 0. The molecule has 19 heavy (non-hydrogen) atoms.